The van der Waals surface area contributed by atoms with Crippen molar-refractivity contribution in [3.63, 3.8) is 0 Å². The van der Waals surface area contributed by atoms with Crippen molar-refractivity contribution in [3.8, 4) is 0 Å². The van der Waals surface area contributed by atoms with Gasteiger partial charge in [-0.2, -0.15) is 0 Å². The second-order valence-electron chi connectivity index (χ2n) is 4.13. The van der Waals surface area contributed by atoms with Crippen LogP contribution >= 0.6 is 0 Å². The summed E-state index contributed by atoms with van der Waals surface area (Å²) in [4.78, 5) is 33.8. The van der Waals surface area contributed by atoms with Crippen LogP contribution in [0, 0.1) is 5.92 Å². The average Bonchev–Trinajstić information content (AvgIpc) is 2.44. The summed E-state index contributed by atoms with van der Waals surface area (Å²) in [7, 11) is 0. The average molecular weight is 276 g/mol. The number of carbonyl (C=O) groups is 3. The molecule has 106 valence electrons. The van der Waals surface area contributed by atoms with Gasteiger partial charge in [-0.3, -0.25) is 14.4 Å². The quantitative estimate of drug-likeness (QED) is 0.538. The molecule has 0 heterocycles. The van der Waals surface area contributed by atoms with Crippen LogP contribution in [-0.2, 0) is 9.59 Å². The zero-order valence-corrected chi connectivity index (χ0v) is 11.1. The van der Waals surface area contributed by atoms with Crippen LogP contribution < -0.4 is 10.6 Å². The first-order valence-electron chi connectivity index (χ1n) is 5.98. The van der Waals surface area contributed by atoms with Crippen molar-refractivity contribution < 1.29 is 19.5 Å². The van der Waals surface area contributed by atoms with Crippen molar-refractivity contribution in [2.24, 2.45) is 5.92 Å². The van der Waals surface area contributed by atoms with Crippen LogP contribution in [0.25, 0.3) is 0 Å². The van der Waals surface area contributed by atoms with Crippen molar-refractivity contribution >= 4 is 23.5 Å². The van der Waals surface area contributed by atoms with Gasteiger partial charge in [0.25, 0.3) is 5.91 Å². The monoisotopic (exact) mass is 276 g/mol. The van der Waals surface area contributed by atoms with Gasteiger partial charge in [0.05, 0.1) is 0 Å². The van der Waals surface area contributed by atoms with Crippen LogP contribution in [-0.4, -0.2) is 29.4 Å². The Hall–Kier alpha value is -2.63. The molecule has 0 aliphatic carbocycles. The van der Waals surface area contributed by atoms with Gasteiger partial charge in [0, 0.05) is 17.8 Å². The van der Waals surface area contributed by atoms with Gasteiger partial charge in [-0.05, 0) is 31.2 Å². The van der Waals surface area contributed by atoms with Gasteiger partial charge < -0.3 is 15.7 Å². The predicted octanol–water partition coefficient (Wildman–Crippen LogP) is 1.26. The Morgan fingerprint density at radius 3 is 2.40 bits per heavy atom. The van der Waals surface area contributed by atoms with Gasteiger partial charge in [0.2, 0.25) is 5.91 Å². The predicted molar refractivity (Wildman–Crippen MR) is 74.4 cm³/mol. The first-order chi connectivity index (χ1) is 9.45. The van der Waals surface area contributed by atoms with Gasteiger partial charge in [0.15, 0.2) is 0 Å². The van der Waals surface area contributed by atoms with E-state index < -0.39 is 17.8 Å². The highest BCUT2D eigenvalue weighted by atomic mass is 16.4. The van der Waals surface area contributed by atoms with E-state index >= 15 is 0 Å². The van der Waals surface area contributed by atoms with Crippen molar-refractivity contribution in [1.82, 2.24) is 5.32 Å². The lowest BCUT2D eigenvalue weighted by Gasteiger charge is -2.09. The van der Waals surface area contributed by atoms with Crippen molar-refractivity contribution in [2.75, 3.05) is 11.9 Å². The van der Waals surface area contributed by atoms with Crippen LogP contribution in [0.3, 0.4) is 0 Å². The van der Waals surface area contributed by atoms with E-state index in [1.807, 2.05) is 0 Å². The molecule has 1 aromatic carbocycles. The molecule has 3 N–H and O–H groups in total. The third kappa shape index (κ3) is 4.24. The first kappa shape index (κ1) is 15.4. The molecule has 0 radical (unpaired) electrons. The van der Waals surface area contributed by atoms with Crippen molar-refractivity contribution in [2.45, 2.75) is 6.92 Å². The largest absolute Gasteiger partial charge is 0.481 e. The van der Waals surface area contributed by atoms with E-state index in [1.54, 1.807) is 18.2 Å². The topological polar surface area (TPSA) is 95.5 Å². The number of rotatable bonds is 6. The van der Waals surface area contributed by atoms with E-state index in [0.29, 0.717) is 17.8 Å². The Balaban J connectivity index is 2.67. The molecular weight excluding hydrogens is 260 g/mol. The molecule has 20 heavy (non-hydrogen) atoms. The Morgan fingerprint density at radius 1 is 1.30 bits per heavy atom. The zero-order valence-electron chi connectivity index (χ0n) is 11.1. The van der Waals surface area contributed by atoms with Gasteiger partial charge in [0.1, 0.15) is 5.92 Å². The molecular formula is C14H16N2O4. The first-order valence-corrected chi connectivity index (χ1v) is 5.98. The molecule has 0 saturated heterocycles. The molecule has 0 bridgehead atoms. The fourth-order valence-corrected chi connectivity index (χ4v) is 1.33. The number of carbonyl (C=O) groups excluding carboxylic acids is 2. The number of nitrogens with one attached hydrogen (secondary N) is 2. The van der Waals surface area contributed by atoms with Crippen LogP contribution in [0.1, 0.15) is 17.3 Å². The highest BCUT2D eigenvalue weighted by Crippen LogP contribution is 2.11. The number of benzene rings is 1. The maximum atomic E-state index is 11.6. The van der Waals surface area contributed by atoms with Gasteiger partial charge >= 0.3 is 5.97 Å². The molecule has 0 fully saturated rings. The van der Waals surface area contributed by atoms with E-state index in [9.17, 15) is 14.4 Å². The summed E-state index contributed by atoms with van der Waals surface area (Å²) in [6.45, 7) is 5.16. The van der Waals surface area contributed by atoms with Gasteiger partial charge in [-0.15, -0.1) is 6.58 Å². The minimum Gasteiger partial charge on any atom is -0.481 e. The van der Waals surface area contributed by atoms with Crippen LogP contribution in [0.4, 0.5) is 5.69 Å². The molecule has 0 aliphatic rings. The second kappa shape index (κ2) is 7.08. The molecule has 6 nitrogen and oxygen atoms in total. The lowest BCUT2D eigenvalue weighted by molar-refractivity contribution is -0.144. The Kier molecular flexibility index (Phi) is 5.46. The van der Waals surface area contributed by atoms with E-state index in [4.69, 9.17) is 5.11 Å². The number of anilines is 1. The lowest BCUT2D eigenvalue weighted by atomic mass is 10.1. The molecule has 0 spiro atoms. The molecule has 1 rings (SSSR count). The summed E-state index contributed by atoms with van der Waals surface area (Å²) < 4.78 is 0. The zero-order chi connectivity index (χ0) is 15.1. The fraction of sp³-hybridized carbons (Fsp3) is 0.214. The molecule has 2 amide bonds. The van der Waals surface area contributed by atoms with Gasteiger partial charge in [-0.1, -0.05) is 6.08 Å². The normalized spacial score (nSPS) is 11.2. The van der Waals surface area contributed by atoms with Gasteiger partial charge in [-0.25, -0.2) is 0 Å². The summed E-state index contributed by atoms with van der Waals surface area (Å²) in [5.41, 5.74) is 0.875. The molecule has 0 aliphatic heterocycles. The molecule has 1 atom stereocenters. The SMILES string of the molecule is C=CCNC(=O)c1ccc(NC(=O)C(C)C(=O)O)cc1. The highest BCUT2D eigenvalue weighted by molar-refractivity contribution is 6.04. The van der Waals surface area contributed by atoms with E-state index in [0.717, 1.165) is 0 Å². The molecule has 1 aromatic rings. The number of amides is 2. The number of hydrogen-bond donors (Lipinski definition) is 3. The summed E-state index contributed by atoms with van der Waals surface area (Å²) in [6, 6.07) is 6.16. The molecule has 6 heteroatoms. The summed E-state index contributed by atoms with van der Waals surface area (Å²) >= 11 is 0. The summed E-state index contributed by atoms with van der Waals surface area (Å²) in [5.74, 6) is -3.18. The van der Waals surface area contributed by atoms with E-state index in [1.165, 1.54) is 19.1 Å². The molecule has 0 saturated carbocycles. The van der Waals surface area contributed by atoms with Crippen LogP contribution in [0.5, 0.6) is 0 Å². The third-order valence-corrected chi connectivity index (χ3v) is 2.59. The minimum atomic E-state index is -1.19. The van der Waals surface area contributed by atoms with E-state index in [-0.39, 0.29) is 5.91 Å². The molecule has 0 aromatic heterocycles. The Bertz CT molecular complexity index is 522. The highest BCUT2D eigenvalue weighted by Gasteiger charge is 2.20. The van der Waals surface area contributed by atoms with E-state index in [2.05, 4.69) is 17.2 Å². The minimum absolute atomic E-state index is 0.248. The summed E-state index contributed by atoms with van der Waals surface area (Å²) in [6.07, 6.45) is 1.57. The van der Waals surface area contributed by atoms with Crippen molar-refractivity contribution in [3.05, 3.63) is 42.5 Å². The Labute approximate surface area is 116 Å². The number of hydrogen-bond acceptors (Lipinski definition) is 3. The summed E-state index contributed by atoms with van der Waals surface area (Å²) in [5, 5.41) is 13.8. The van der Waals surface area contributed by atoms with Crippen LogP contribution in [0.2, 0.25) is 0 Å². The van der Waals surface area contributed by atoms with Crippen molar-refractivity contribution in [1.29, 1.82) is 0 Å². The number of aliphatic carboxylic acids is 1. The lowest BCUT2D eigenvalue weighted by Crippen LogP contribution is -2.27. The smallest absolute Gasteiger partial charge is 0.315 e. The standard InChI is InChI=1S/C14H16N2O4/c1-3-8-15-13(18)10-4-6-11(7-5-10)16-12(17)9(2)14(19)20/h3-7,9H,1,8H2,2H3,(H,15,18)(H,16,17)(H,19,20). The Morgan fingerprint density at radius 2 is 1.90 bits per heavy atom. The fourth-order valence-electron chi connectivity index (χ4n) is 1.33. The maximum absolute atomic E-state index is 11.6. The second-order valence-corrected chi connectivity index (χ2v) is 4.13. The molecule has 1 unspecified atom stereocenters. The van der Waals surface area contributed by atoms with Crippen LogP contribution in [0.15, 0.2) is 36.9 Å². The maximum Gasteiger partial charge on any atom is 0.315 e. The number of carboxylic acid groups (broad SMARTS) is 1. The third-order valence-electron chi connectivity index (χ3n) is 2.59. The number of carboxylic acids is 1.